The van der Waals surface area contributed by atoms with Crippen LogP contribution in [0.25, 0.3) is 0 Å². The first-order chi connectivity index (χ1) is 7.44. The van der Waals surface area contributed by atoms with Crippen molar-refractivity contribution in [2.45, 2.75) is 25.8 Å². The molecule has 0 saturated carbocycles. The monoisotopic (exact) mass is 241 g/mol. The Bertz CT molecular complexity index is 377. The zero-order valence-electron chi connectivity index (χ0n) is 9.46. The Kier molecular flexibility index (Phi) is 4.33. The van der Waals surface area contributed by atoms with E-state index in [0.29, 0.717) is 5.02 Å². The van der Waals surface area contributed by atoms with Crippen LogP contribution in [0, 0.1) is 0 Å². The van der Waals surface area contributed by atoms with Gasteiger partial charge in [-0.1, -0.05) is 29.8 Å². The minimum atomic E-state index is -0.599. The molecular formula is C12H16ClNO2. The number of carbonyl (C=O) groups excluding carboxylic acids is 1. The largest absolute Gasteiger partial charge is 0.394 e. The lowest BCUT2D eigenvalue weighted by Gasteiger charge is -2.23. The molecule has 0 aromatic heterocycles. The van der Waals surface area contributed by atoms with E-state index < -0.39 is 5.54 Å². The smallest absolute Gasteiger partial charge is 0.224 e. The molecule has 16 heavy (non-hydrogen) atoms. The van der Waals surface area contributed by atoms with Crippen molar-refractivity contribution in [3.8, 4) is 0 Å². The summed E-state index contributed by atoms with van der Waals surface area (Å²) in [5.41, 5.74) is 0.189. The third-order valence-corrected chi connectivity index (χ3v) is 2.55. The highest BCUT2D eigenvalue weighted by atomic mass is 35.5. The summed E-state index contributed by atoms with van der Waals surface area (Å²) in [4.78, 5) is 11.7. The first-order valence-electron chi connectivity index (χ1n) is 5.10. The average Bonchev–Trinajstić information content (AvgIpc) is 2.21. The minimum absolute atomic E-state index is 0.0960. The molecule has 0 spiro atoms. The molecule has 2 N–H and O–H groups in total. The van der Waals surface area contributed by atoms with Crippen molar-refractivity contribution in [3.05, 3.63) is 34.9 Å². The van der Waals surface area contributed by atoms with Gasteiger partial charge in [-0.15, -0.1) is 0 Å². The Morgan fingerprint density at radius 1 is 1.44 bits per heavy atom. The molecular weight excluding hydrogens is 226 g/mol. The van der Waals surface area contributed by atoms with E-state index in [0.717, 1.165) is 5.56 Å². The Morgan fingerprint density at radius 3 is 2.62 bits per heavy atom. The molecule has 0 saturated heterocycles. The van der Waals surface area contributed by atoms with Gasteiger partial charge in [0.2, 0.25) is 5.91 Å². The molecule has 0 bridgehead atoms. The maximum absolute atomic E-state index is 11.7. The van der Waals surface area contributed by atoms with E-state index in [1.54, 1.807) is 19.9 Å². The van der Waals surface area contributed by atoms with E-state index in [1.165, 1.54) is 0 Å². The van der Waals surface area contributed by atoms with Crippen LogP contribution in [-0.2, 0) is 11.2 Å². The van der Waals surface area contributed by atoms with E-state index >= 15 is 0 Å². The highest BCUT2D eigenvalue weighted by Crippen LogP contribution is 2.15. The zero-order chi connectivity index (χ0) is 12.2. The van der Waals surface area contributed by atoms with Gasteiger partial charge in [-0.3, -0.25) is 4.79 Å². The Labute approximate surface area is 100 Å². The molecule has 1 amide bonds. The molecule has 0 aliphatic heterocycles. The van der Waals surface area contributed by atoms with Crippen molar-refractivity contribution >= 4 is 17.5 Å². The number of benzene rings is 1. The van der Waals surface area contributed by atoms with Gasteiger partial charge >= 0.3 is 0 Å². The second-order valence-corrected chi connectivity index (χ2v) is 4.77. The van der Waals surface area contributed by atoms with Crippen LogP contribution in [0.3, 0.4) is 0 Å². The molecule has 0 aliphatic carbocycles. The molecule has 88 valence electrons. The first kappa shape index (κ1) is 13.0. The summed E-state index contributed by atoms with van der Waals surface area (Å²) in [7, 11) is 0. The second kappa shape index (κ2) is 5.32. The van der Waals surface area contributed by atoms with Gasteiger partial charge in [0.25, 0.3) is 0 Å². The topological polar surface area (TPSA) is 49.3 Å². The lowest BCUT2D eigenvalue weighted by atomic mass is 10.1. The van der Waals surface area contributed by atoms with Crippen LogP contribution in [0.5, 0.6) is 0 Å². The SMILES string of the molecule is CC(C)(CO)NC(=O)Cc1ccccc1Cl. The van der Waals surface area contributed by atoms with Gasteiger partial charge in [0, 0.05) is 5.02 Å². The number of hydrogen-bond donors (Lipinski definition) is 2. The summed E-state index contributed by atoms with van der Waals surface area (Å²) in [6.07, 6.45) is 0.225. The summed E-state index contributed by atoms with van der Waals surface area (Å²) < 4.78 is 0. The summed E-state index contributed by atoms with van der Waals surface area (Å²) >= 11 is 5.94. The number of nitrogens with one attached hydrogen (secondary N) is 1. The molecule has 0 heterocycles. The Morgan fingerprint density at radius 2 is 2.06 bits per heavy atom. The minimum Gasteiger partial charge on any atom is -0.394 e. The highest BCUT2D eigenvalue weighted by Gasteiger charge is 2.19. The van der Waals surface area contributed by atoms with Gasteiger partial charge in [-0.25, -0.2) is 0 Å². The van der Waals surface area contributed by atoms with Crippen molar-refractivity contribution < 1.29 is 9.90 Å². The highest BCUT2D eigenvalue weighted by molar-refractivity contribution is 6.31. The second-order valence-electron chi connectivity index (χ2n) is 4.36. The number of rotatable bonds is 4. The predicted molar refractivity (Wildman–Crippen MR) is 64.5 cm³/mol. The first-order valence-corrected chi connectivity index (χ1v) is 5.48. The third kappa shape index (κ3) is 3.83. The van der Waals surface area contributed by atoms with Crippen molar-refractivity contribution in [2.75, 3.05) is 6.61 Å². The van der Waals surface area contributed by atoms with Gasteiger partial charge in [-0.05, 0) is 25.5 Å². The van der Waals surface area contributed by atoms with Crippen LogP contribution in [0.2, 0.25) is 5.02 Å². The van der Waals surface area contributed by atoms with Crippen LogP contribution < -0.4 is 5.32 Å². The third-order valence-electron chi connectivity index (χ3n) is 2.18. The molecule has 0 atom stereocenters. The predicted octanol–water partition coefficient (Wildman–Crippen LogP) is 1.77. The van der Waals surface area contributed by atoms with Crippen LogP contribution in [-0.4, -0.2) is 23.2 Å². The van der Waals surface area contributed by atoms with Gasteiger partial charge in [-0.2, -0.15) is 0 Å². The van der Waals surface area contributed by atoms with Crippen LogP contribution in [0.15, 0.2) is 24.3 Å². The van der Waals surface area contributed by atoms with E-state index in [9.17, 15) is 4.79 Å². The van der Waals surface area contributed by atoms with E-state index in [4.69, 9.17) is 16.7 Å². The van der Waals surface area contributed by atoms with Gasteiger partial charge < -0.3 is 10.4 Å². The quantitative estimate of drug-likeness (QED) is 0.844. The molecule has 3 nitrogen and oxygen atoms in total. The number of aliphatic hydroxyl groups excluding tert-OH is 1. The molecule has 1 rings (SSSR count). The summed E-state index contributed by atoms with van der Waals surface area (Å²) in [5, 5.41) is 12.3. The van der Waals surface area contributed by atoms with Gasteiger partial charge in [0.05, 0.1) is 18.6 Å². The van der Waals surface area contributed by atoms with Gasteiger partial charge in [0.15, 0.2) is 0 Å². The lowest BCUT2D eigenvalue weighted by Crippen LogP contribution is -2.46. The molecule has 1 aromatic rings. The fourth-order valence-electron chi connectivity index (χ4n) is 1.28. The fraction of sp³-hybridized carbons (Fsp3) is 0.417. The van der Waals surface area contributed by atoms with Crippen LogP contribution in [0.4, 0.5) is 0 Å². The molecule has 4 heteroatoms. The number of aliphatic hydroxyl groups is 1. The summed E-state index contributed by atoms with van der Waals surface area (Å²) in [6.45, 7) is 3.43. The van der Waals surface area contributed by atoms with Crippen molar-refractivity contribution in [1.82, 2.24) is 5.32 Å². The van der Waals surface area contributed by atoms with Crippen LogP contribution in [0.1, 0.15) is 19.4 Å². The van der Waals surface area contributed by atoms with Crippen molar-refractivity contribution in [2.24, 2.45) is 0 Å². The molecule has 0 fully saturated rings. The number of carbonyl (C=O) groups is 1. The number of halogens is 1. The number of amides is 1. The van der Waals surface area contributed by atoms with Crippen molar-refractivity contribution in [1.29, 1.82) is 0 Å². The zero-order valence-corrected chi connectivity index (χ0v) is 10.2. The normalized spacial score (nSPS) is 11.2. The van der Waals surface area contributed by atoms with Gasteiger partial charge in [0.1, 0.15) is 0 Å². The maximum atomic E-state index is 11.7. The Hall–Kier alpha value is -1.06. The molecule has 0 radical (unpaired) electrons. The van der Waals surface area contributed by atoms with Crippen LogP contribution >= 0.6 is 11.6 Å². The summed E-state index contributed by atoms with van der Waals surface area (Å²) in [5.74, 6) is -0.146. The van der Waals surface area contributed by atoms with Crippen molar-refractivity contribution in [3.63, 3.8) is 0 Å². The van der Waals surface area contributed by atoms with E-state index in [1.807, 2.05) is 18.2 Å². The lowest BCUT2D eigenvalue weighted by molar-refractivity contribution is -0.122. The maximum Gasteiger partial charge on any atom is 0.224 e. The fourth-order valence-corrected chi connectivity index (χ4v) is 1.48. The molecule has 0 unspecified atom stereocenters. The average molecular weight is 242 g/mol. The standard InChI is InChI=1S/C12H16ClNO2/c1-12(2,8-15)14-11(16)7-9-5-3-4-6-10(9)13/h3-6,15H,7-8H2,1-2H3,(H,14,16). The van der Waals surface area contributed by atoms with E-state index in [2.05, 4.69) is 5.32 Å². The summed E-state index contributed by atoms with van der Waals surface area (Å²) in [6, 6.07) is 7.22. The molecule has 1 aromatic carbocycles. The van der Waals surface area contributed by atoms with E-state index in [-0.39, 0.29) is 18.9 Å². The molecule has 0 aliphatic rings. The number of hydrogen-bond acceptors (Lipinski definition) is 2. The Balaban J connectivity index is 2.62.